The molecule has 2 aromatic carbocycles. The van der Waals surface area contributed by atoms with E-state index in [1.54, 1.807) is 37.3 Å². The maximum Gasteiger partial charge on any atom is 0.341 e. The van der Waals surface area contributed by atoms with Crippen LogP contribution in [0, 0.1) is 0 Å². The second kappa shape index (κ2) is 12.6. The van der Waals surface area contributed by atoms with Crippen molar-refractivity contribution in [3.63, 3.8) is 0 Å². The van der Waals surface area contributed by atoms with Gasteiger partial charge in [0.25, 0.3) is 0 Å². The number of hydrogen-bond donors (Lipinski definition) is 2. The fourth-order valence-electron chi connectivity index (χ4n) is 3.91. The minimum absolute atomic E-state index is 0.215. The van der Waals surface area contributed by atoms with E-state index in [-0.39, 0.29) is 6.61 Å². The van der Waals surface area contributed by atoms with Crippen LogP contribution in [0.1, 0.15) is 45.3 Å². The summed E-state index contributed by atoms with van der Waals surface area (Å²) in [4.78, 5) is 38.3. The molecule has 0 atom stereocenters. The predicted molar refractivity (Wildman–Crippen MR) is 145 cm³/mol. The smallest absolute Gasteiger partial charge is 0.341 e. The second-order valence-electron chi connectivity index (χ2n) is 8.26. The number of ether oxygens (including phenoxy) is 3. The number of fused-ring (bicyclic) bond motifs is 1. The molecule has 0 fully saturated rings. The molecule has 1 aromatic heterocycles. The van der Waals surface area contributed by atoms with Gasteiger partial charge in [0, 0.05) is 9.90 Å². The molecule has 2 amide bonds. The number of amides is 2. The van der Waals surface area contributed by atoms with Crippen LogP contribution in [0.25, 0.3) is 0 Å². The Labute approximate surface area is 228 Å². The van der Waals surface area contributed by atoms with E-state index in [0.717, 1.165) is 35.3 Å². The third-order valence-corrected chi connectivity index (χ3v) is 7.17. The van der Waals surface area contributed by atoms with Gasteiger partial charge in [-0.3, -0.25) is 9.59 Å². The lowest BCUT2D eigenvalue weighted by atomic mass is 10.1. The highest BCUT2D eigenvalue weighted by Crippen LogP contribution is 2.39. The molecular formula is C27H26ClN3O6S. The van der Waals surface area contributed by atoms with Crippen molar-refractivity contribution in [2.45, 2.75) is 32.8 Å². The summed E-state index contributed by atoms with van der Waals surface area (Å²) in [7, 11) is 1.52. The molecule has 0 aliphatic heterocycles. The molecule has 0 radical (unpaired) electrons. The maximum atomic E-state index is 12.5. The average Bonchev–Trinajstić information content (AvgIpc) is 3.49. The van der Waals surface area contributed by atoms with Crippen molar-refractivity contribution < 1.29 is 28.6 Å². The summed E-state index contributed by atoms with van der Waals surface area (Å²) >= 11 is 7.21. The number of aryl methyl sites for hydroxylation is 1. The molecule has 38 heavy (non-hydrogen) atoms. The molecule has 0 spiro atoms. The minimum atomic E-state index is -0.973. The first-order valence-electron chi connectivity index (χ1n) is 11.9. The van der Waals surface area contributed by atoms with Crippen molar-refractivity contribution in [1.82, 2.24) is 5.43 Å². The quantitative estimate of drug-likeness (QED) is 0.170. The number of esters is 1. The number of nitrogens with zero attached hydrogens (tertiary/aromatic N) is 1. The van der Waals surface area contributed by atoms with Gasteiger partial charge in [-0.2, -0.15) is 5.10 Å². The van der Waals surface area contributed by atoms with Gasteiger partial charge in [0.1, 0.15) is 11.6 Å². The Morgan fingerprint density at radius 3 is 2.61 bits per heavy atom. The molecule has 0 saturated carbocycles. The Morgan fingerprint density at radius 2 is 1.87 bits per heavy atom. The van der Waals surface area contributed by atoms with E-state index in [0.29, 0.717) is 39.3 Å². The number of nitrogens with one attached hydrogen (secondary N) is 2. The van der Waals surface area contributed by atoms with Crippen molar-refractivity contribution >= 4 is 51.9 Å². The highest BCUT2D eigenvalue weighted by atomic mass is 35.5. The molecule has 9 nitrogen and oxygen atoms in total. The van der Waals surface area contributed by atoms with E-state index in [2.05, 4.69) is 15.8 Å². The topological polar surface area (TPSA) is 115 Å². The molecule has 0 bridgehead atoms. The molecule has 3 aromatic rings. The average molecular weight is 556 g/mol. The number of anilines is 1. The van der Waals surface area contributed by atoms with E-state index < -0.39 is 17.8 Å². The van der Waals surface area contributed by atoms with Crippen LogP contribution in [0.5, 0.6) is 11.5 Å². The Balaban J connectivity index is 1.35. The summed E-state index contributed by atoms with van der Waals surface area (Å²) in [6.45, 7) is 2.26. The first-order chi connectivity index (χ1) is 18.4. The lowest BCUT2D eigenvalue weighted by molar-refractivity contribution is -0.136. The largest absolute Gasteiger partial charge is 0.493 e. The summed E-state index contributed by atoms with van der Waals surface area (Å²) in [5, 5.41) is 7.36. The summed E-state index contributed by atoms with van der Waals surface area (Å²) in [6, 6.07) is 12.5. The summed E-state index contributed by atoms with van der Waals surface area (Å²) in [5.41, 5.74) is 4.98. The number of hydrogen-bond acceptors (Lipinski definition) is 8. The lowest BCUT2D eigenvalue weighted by Crippen LogP contribution is -2.32. The van der Waals surface area contributed by atoms with E-state index in [9.17, 15) is 14.4 Å². The number of carbonyl (C=O) groups is 3. The van der Waals surface area contributed by atoms with Gasteiger partial charge in [0.15, 0.2) is 11.5 Å². The molecule has 11 heteroatoms. The normalized spacial score (nSPS) is 12.2. The van der Waals surface area contributed by atoms with Crippen LogP contribution in [0.3, 0.4) is 0 Å². The summed E-state index contributed by atoms with van der Waals surface area (Å²) in [5.74, 6) is -1.40. The fraction of sp³-hybridized carbons (Fsp3) is 0.259. The Morgan fingerprint density at radius 1 is 1.08 bits per heavy atom. The molecule has 4 rings (SSSR count). The molecule has 0 saturated heterocycles. The highest BCUT2D eigenvalue weighted by Gasteiger charge is 2.29. The van der Waals surface area contributed by atoms with Crippen molar-refractivity contribution in [2.24, 2.45) is 5.10 Å². The van der Waals surface area contributed by atoms with Crippen LogP contribution in [-0.4, -0.2) is 37.7 Å². The lowest BCUT2D eigenvalue weighted by Gasteiger charge is -2.11. The minimum Gasteiger partial charge on any atom is -0.493 e. The maximum absolute atomic E-state index is 12.5. The zero-order valence-electron chi connectivity index (χ0n) is 20.8. The van der Waals surface area contributed by atoms with E-state index in [4.69, 9.17) is 25.8 Å². The van der Waals surface area contributed by atoms with Gasteiger partial charge in [0.2, 0.25) is 0 Å². The summed E-state index contributed by atoms with van der Waals surface area (Å²) < 4.78 is 16.4. The van der Waals surface area contributed by atoms with Gasteiger partial charge in [0.05, 0.1) is 25.5 Å². The van der Waals surface area contributed by atoms with Crippen molar-refractivity contribution in [3.8, 4) is 11.5 Å². The van der Waals surface area contributed by atoms with Crippen molar-refractivity contribution in [1.29, 1.82) is 0 Å². The van der Waals surface area contributed by atoms with Crippen LogP contribution < -0.4 is 20.2 Å². The monoisotopic (exact) mass is 555 g/mol. The fourth-order valence-corrected chi connectivity index (χ4v) is 5.31. The molecule has 1 aliphatic rings. The highest BCUT2D eigenvalue weighted by molar-refractivity contribution is 7.17. The van der Waals surface area contributed by atoms with Gasteiger partial charge in [-0.15, -0.1) is 11.3 Å². The molecule has 2 N–H and O–H groups in total. The van der Waals surface area contributed by atoms with Gasteiger partial charge < -0.3 is 19.5 Å². The first-order valence-corrected chi connectivity index (χ1v) is 13.1. The third kappa shape index (κ3) is 6.51. The van der Waals surface area contributed by atoms with E-state index in [1.807, 2.05) is 12.1 Å². The summed E-state index contributed by atoms with van der Waals surface area (Å²) in [6.07, 6.45) is 3.88. The Kier molecular flexibility index (Phi) is 8.98. The Bertz CT molecular complexity index is 1370. The van der Waals surface area contributed by atoms with Crippen molar-refractivity contribution in [3.05, 3.63) is 74.6 Å². The van der Waals surface area contributed by atoms with Crippen LogP contribution in [0.4, 0.5) is 5.00 Å². The standard InChI is InChI=1S/C27H26ClN3O6S/c1-3-36-27(34)23-19-5-4-6-22(19)38-26(23)30-24(32)25(33)31-29-14-17-9-12-20(21(13-17)35-2)37-15-16-7-10-18(28)11-8-16/h7-14H,3-6,15H2,1-2H3,(H,30,32)(H,31,33). The van der Waals surface area contributed by atoms with E-state index >= 15 is 0 Å². The van der Waals surface area contributed by atoms with Gasteiger partial charge >= 0.3 is 17.8 Å². The zero-order valence-corrected chi connectivity index (χ0v) is 22.4. The van der Waals surface area contributed by atoms with Crippen LogP contribution in [0.15, 0.2) is 47.6 Å². The predicted octanol–water partition coefficient (Wildman–Crippen LogP) is 4.74. The number of carbonyl (C=O) groups excluding carboxylic acids is 3. The molecule has 0 unspecified atom stereocenters. The molecular weight excluding hydrogens is 530 g/mol. The van der Waals surface area contributed by atoms with Crippen LogP contribution in [0.2, 0.25) is 5.02 Å². The molecule has 1 aliphatic carbocycles. The number of thiophene rings is 1. The van der Waals surface area contributed by atoms with Gasteiger partial charge in [-0.1, -0.05) is 23.7 Å². The number of hydrazone groups is 1. The van der Waals surface area contributed by atoms with Crippen molar-refractivity contribution in [2.75, 3.05) is 19.0 Å². The van der Waals surface area contributed by atoms with Crippen LogP contribution >= 0.6 is 22.9 Å². The molecule has 198 valence electrons. The van der Waals surface area contributed by atoms with Crippen LogP contribution in [-0.2, 0) is 33.8 Å². The zero-order chi connectivity index (χ0) is 27.1. The molecule has 1 heterocycles. The second-order valence-corrected chi connectivity index (χ2v) is 9.80. The first kappa shape index (κ1) is 27.2. The number of rotatable bonds is 9. The number of methoxy groups -OCH3 is 1. The Hall–Kier alpha value is -3.89. The third-order valence-electron chi connectivity index (χ3n) is 5.71. The number of benzene rings is 2. The van der Waals surface area contributed by atoms with Gasteiger partial charge in [-0.05, 0) is 73.2 Å². The van der Waals surface area contributed by atoms with Gasteiger partial charge in [-0.25, -0.2) is 10.2 Å². The van der Waals surface area contributed by atoms with E-state index in [1.165, 1.54) is 24.7 Å². The SMILES string of the molecule is CCOC(=O)c1c(NC(=O)C(=O)NN=Cc2ccc(OCc3ccc(Cl)cc3)c(OC)c2)sc2c1CCC2. The number of halogens is 1.